The summed E-state index contributed by atoms with van der Waals surface area (Å²) < 4.78 is 1.92. The van der Waals surface area contributed by atoms with Gasteiger partial charge in [-0.15, -0.1) is 11.3 Å². The summed E-state index contributed by atoms with van der Waals surface area (Å²) in [5.74, 6) is 0.305. The Hall–Kier alpha value is -1.34. The van der Waals surface area contributed by atoms with Crippen molar-refractivity contribution in [3.05, 3.63) is 20.8 Å². The minimum absolute atomic E-state index is 0.00436. The molecule has 2 aromatic rings. The third-order valence-electron chi connectivity index (χ3n) is 5.38. The van der Waals surface area contributed by atoms with Crippen molar-refractivity contribution in [3.63, 3.8) is 0 Å². The average molecular weight is 392 g/mol. The molecular weight excluding hydrogens is 366 g/mol. The van der Waals surface area contributed by atoms with Gasteiger partial charge in [-0.25, -0.2) is 4.98 Å². The topological polar surface area (TPSA) is 64.0 Å². The lowest BCUT2D eigenvalue weighted by Crippen LogP contribution is -2.28. The molecule has 2 aliphatic carbocycles. The van der Waals surface area contributed by atoms with Crippen LogP contribution in [0.5, 0.6) is 0 Å². The lowest BCUT2D eigenvalue weighted by Gasteiger charge is -2.18. The number of rotatable bonds is 5. The second-order valence-corrected chi connectivity index (χ2v) is 9.17. The van der Waals surface area contributed by atoms with Crippen molar-refractivity contribution in [1.29, 1.82) is 0 Å². The summed E-state index contributed by atoms with van der Waals surface area (Å²) in [6.07, 6.45) is 8.84. The van der Waals surface area contributed by atoms with Crippen LogP contribution >= 0.6 is 23.1 Å². The normalized spacial score (nSPS) is 17.6. The Morgan fingerprint density at radius 2 is 2.04 bits per heavy atom. The Kier molecular flexibility index (Phi) is 5.36. The fourth-order valence-electron chi connectivity index (χ4n) is 4.16. The van der Waals surface area contributed by atoms with E-state index in [0.717, 1.165) is 60.3 Å². The predicted molar refractivity (Wildman–Crippen MR) is 107 cm³/mol. The number of hydrogen-bond donors (Lipinski definition) is 1. The van der Waals surface area contributed by atoms with Crippen LogP contribution in [0.15, 0.2) is 9.95 Å². The van der Waals surface area contributed by atoms with Crippen molar-refractivity contribution in [1.82, 2.24) is 14.9 Å². The standard InChI is InChI=1S/C19H25N3O2S2/c1-2-20-15(23)11-25-19-21-17-16(13-9-5-6-10-14(13)26-17)18(24)22(19)12-7-3-4-8-12/h12H,2-11H2,1H3,(H,20,23). The van der Waals surface area contributed by atoms with Crippen LogP contribution in [-0.2, 0) is 17.6 Å². The van der Waals surface area contributed by atoms with E-state index in [9.17, 15) is 9.59 Å². The zero-order valence-electron chi connectivity index (χ0n) is 15.2. The molecule has 0 bridgehead atoms. The molecule has 0 radical (unpaired) electrons. The van der Waals surface area contributed by atoms with Gasteiger partial charge in [0.1, 0.15) is 4.83 Å². The quantitative estimate of drug-likeness (QED) is 0.624. The van der Waals surface area contributed by atoms with Gasteiger partial charge in [0.25, 0.3) is 5.56 Å². The van der Waals surface area contributed by atoms with Gasteiger partial charge in [-0.2, -0.15) is 0 Å². The molecule has 7 heteroatoms. The summed E-state index contributed by atoms with van der Waals surface area (Å²) in [5.41, 5.74) is 1.38. The van der Waals surface area contributed by atoms with Gasteiger partial charge >= 0.3 is 0 Å². The molecule has 26 heavy (non-hydrogen) atoms. The molecular formula is C19H25N3O2S2. The van der Waals surface area contributed by atoms with Gasteiger partial charge < -0.3 is 5.32 Å². The lowest BCUT2D eigenvalue weighted by molar-refractivity contribution is -0.118. The molecule has 2 aromatic heterocycles. The molecule has 0 saturated heterocycles. The monoisotopic (exact) mass is 391 g/mol. The minimum Gasteiger partial charge on any atom is -0.356 e. The highest BCUT2D eigenvalue weighted by atomic mass is 32.2. The maximum absolute atomic E-state index is 13.5. The van der Waals surface area contributed by atoms with Gasteiger partial charge in [0.2, 0.25) is 5.91 Å². The number of nitrogens with zero attached hydrogens (tertiary/aromatic N) is 2. The van der Waals surface area contributed by atoms with E-state index in [-0.39, 0.29) is 17.5 Å². The fraction of sp³-hybridized carbons (Fsp3) is 0.632. The zero-order valence-corrected chi connectivity index (χ0v) is 16.8. The number of aryl methyl sites for hydroxylation is 2. The first-order valence-electron chi connectivity index (χ1n) is 9.65. The Morgan fingerprint density at radius 1 is 1.27 bits per heavy atom. The summed E-state index contributed by atoms with van der Waals surface area (Å²) in [6, 6.07) is 0.232. The molecule has 0 aliphatic heterocycles. The van der Waals surface area contributed by atoms with Gasteiger partial charge in [-0.1, -0.05) is 24.6 Å². The number of aromatic nitrogens is 2. The molecule has 0 unspecified atom stereocenters. The van der Waals surface area contributed by atoms with Crippen molar-refractivity contribution < 1.29 is 4.79 Å². The predicted octanol–water partition coefficient (Wildman–Crippen LogP) is 3.68. The van der Waals surface area contributed by atoms with Crippen LogP contribution in [-0.4, -0.2) is 27.8 Å². The van der Waals surface area contributed by atoms with Crippen molar-refractivity contribution in [3.8, 4) is 0 Å². The van der Waals surface area contributed by atoms with E-state index in [2.05, 4.69) is 5.32 Å². The average Bonchev–Trinajstić information content (AvgIpc) is 3.27. The van der Waals surface area contributed by atoms with Gasteiger partial charge in [0, 0.05) is 17.5 Å². The second-order valence-electron chi connectivity index (χ2n) is 7.14. The van der Waals surface area contributed by atoms with Crippen molar-refractivity contribution in [2.45, 2.75) is 69.5 Å². The molecule has 0 spiro atoms. The lowest BCUT2D eigenvalue weighted by atomic mass is 9.97. The van der Waals surface area contributed by atoms with Crippen LogP contribution in [0.4, 0.5) is 0 Å². The number of amides is 1. The molecule has 1 N–H and O–H groups in total. The first-order valence-corrected chi connectivity index (χ1v) is 11.5. The van der Waals surface area contributed by atoms with E-state index in [0.29, 0.717) is 12.3 Å². The van der Waals surface area contributed by atoms with Crippen LogP contribution in [0.2, 0.25) is 0 Å². The number of thioether (sulfide) groups is 1. The highest BCUT2D eigenvalue weighted by Gasteiger charge is 2.27. The number of thiophene rings is 1. The summed E-state index contributed by atoms with van der Waals surface area (Å²) in [6.45, 7) is 2.54. The molecule has 140 valence electrons. The van der Waals surface area contributed by atoms with Gasteiger partial charge in [-0.3, -0.25) is 14.2 Å². The molecule has 2 aliphatic rings. The van der Waals surface area contributed by atoms with Crippen molar-refractivity contribution in [2.75, 3.05) is 12.3 Å². The third kappa shape index (κ3) is 3.31. The maximum Gasteiger partial charge on any atom is 0.263 e. The van der Waals surface area contributed by atoms with Gasteiger partial charge in [-0.05, 0) is 51.0 Å². The Balaban J connectivity index is 1.79. The van der Waals surface area contributed by atoms with Crippen molar-refractivity contribution >= 4 is 39.2 Å². The minimum atomic E-state index is -0.00436. The van der Waals surface area contributed by atoms with E-state index in [1.165, 1.54) is 28.6 Å². The maximum atomic E-state index is 13.5. The van der Waals surface area contributed by atoms with E-state index in [1.54, 1.807) is 11.3 Å². The molecule has 1 amide bonds. The van der Waals surface area contributed by atoms with Crippen LogP contribution in [0, 0.1) is 0 Å². The van der Waals surface area contributed by atoms with Gasteiger partial charge in [0.15, 0.2) is 5.16 Å². The number of carbonyl (C=O) groups excluding carboxylic acids is 1. The summed E-state index contributed by atoms with van der Waals surface area (Å²) >= 11 is 3.09. The van der Waals surface area contributed by atoms with E-state index < -0.39 is 0 Å². The van der Waals surface area contributed by atoms with Crippen LogP contribution in [0.3, 0.4) is 0 Å². The molecule has 0 aromatic carbocycles. The number of hydrogen-bond acceptors (Lipinski definition) is 5. The van der Waals surface area contributed by atoms with E-state index >= 15 is 0 Å². The van der Waals surface area contributed by atoms with Crippen LogP contribution in [0.25, 0.3) is 10.2 Å². The molecule has 5 nitrogen and oxygen atoms in total. The van der Waals surface area contributed by atoms with Gasteiger partial charge in [0.05, 0.1) is 11.1 Å². The van der Waals surface area contributed by atoms with E-state index in [1.807, 2.05) is 11.5 Å². The zero-order chi connectivity index (χ0) is 18.1. The largest absolute Gasteiger partial charge is 0.356 e. The summed E-state index contributed by atoms with van der Waals surface area (Å²) in [7, 11) is 0. The number of nitrogens with one attached hydrogen (secondary N) is 1. The molecule has 1 fully saturated rings. The Morgan fingerprint density at radius 3 is 2.81 bits per heavy atom. The molecule has 4 rings (SSSR count). The smallest absolute Gasteiger partial charge is 0.263 e. The second kappa shape index (κ2) is 7.72. The fourth-order valence-corrected chi connectivity index (χ4v) is 6.36. The van der Waals surface area contributed by atoms with Crippen molar-refractivity contribution in [2.24, 2.45) is 0 Å². The highest BCUT2D eigenvalue weighted by molar-refractivity contribution is 7.99. The first-order chi connectivity index (χ1) is 12.7. The molecule has 0 atom stereocenters. The Bertz CT molecular complexity index is 881. The third-order valence-corrected chi connectivity index (χ3v) is 7.52. The SMILES string of the molecule is CCNC(=O)CSc1nc2sc3c(c2c(=O)n1C1CCCC1)CCCC3. The van der Waals surface area contributed by atoms with E-state index in [4.69, 9.17) is 4.98 Å². The summed E-state index contributed by atoms with van der Waals surface area (Å²) in [5, 5.41) is 4.41. The Labute approximate surface area is 161 Å². The number of carbonyl (C=O) groups is 1. The number of fused-ring (bicyclic) bond motifs is 3. The first kappa shape index (κ1) is 18.0. The molecule has 1 saturated carbocycles. The van der Waals surface area contributed by atoms with Crippen LogP contribution in [0.1, 0.15) is 61.9 Å². The summed E-state index contributed by atoms with van der Waals surface area (Å²) in [4.78, 5) is 32.5. The molecule has 2 heterocycles. The highest BCUT2D eigenvalue weighted by Crippen LogP contribution is 2.37. The van der Waals surface area contributed by atoms with Crippen LogP contribution < -0.4 is 10.9 Å².